The Kier molecular flexibility index (Phi) is 2.32. The Labute approximate surface area is 79.0 Å². The lowest BCUT2D eigenvalue weighted by Gasteiger charge is -2.64. The van der Waals surface area contributed by atoms with E-state index in [1.165, 1.54) is 0 Å². The van der Waals surface area contributed by atoms with Gasteiger partial charge in [-0.25, -0.2) is 0 Å². The van der Waals surface area contributed by atoms with Crippen LogP contribution in [0, 0.1) is 5.41 Å². The highest BCUT2D eigenvalue weighted by atomic mass is 28.3. The second kappa shape index (κ2) is 2.67. The molecule has 0 heterocycles. The highest BCUT2D eigenvalue weighted by Gasteiger charge is 2.64. The van der Waals surface area contributed by atoms with Crippen molar-refractivity contribution in [3.63, 3.8) is 0 Å². The number of aliphatic hydroxyl groups is 2. The summed E-state index contributed by atoms with van der Waals surface area (Å²) in [4.78, 5) is 0. The largest absolute Gasteiger partial charge is 0.390 e. The third-order valence-electron chi connectivity index (χ3n) is 4.24. The molecular weight excluding hydrogens is 184 g/mol. The van der Waals surface area contributed by atoms with Gasteiger partial charge in [0.15, 0.2) is 0 Å². The molecule has 1 saturated carbocycles. The van der Waals surface area contributed by atoms with Gasteiger partial charge in [0.05, 0.1) is 12.2 Å². The van der Waals surface area contributed by atoms with E-state index in [0.717, 1.165) is 10.2 Å². The molecule has 0 aromatic rings. The first-order valence-corrected chi connectivity index (χ1v) is 8.51. The van der Waals surface area contributed by atoms with Crippen molar-refractivity contribution in [3.05, 3.63) is 0 Å². The van der Waals surface area contributed by atoms with Crippen LogP contribution in [0.1, 0.15) is 13.8 Å². The van der Waals surface area contributed by atoms with Crippen molar-refractivity contribution in [2.45, 2.75) is 43.8 Å². The Morgan fingerprint density at radius 1 is 1.17 bits per heavy atom. The molecule has 1 aliphatic rings. The summed E-state index contributed by atoms with van der Waals surface area (Å²) in [5.41, 5.74) is -0.0426. The van der Waals surface area contributed by atoms with Crippen molar-refractivity contribution in [1.29, 1.82) is 0 Å². The van der Waals surface area contributed by atoms with Crippen LogP contribution in [-0.4, -0.2) is 41.5 Å². The summed E-state index contributed by atoms with van der Waals surface area (Å²) >= 11 is 0. The van der Waals surface area contributed by atoms with E-state index in [2.05, 4.69) is 26.9 Å². The van der Waals surface area contributed by atoms with Gasteiger partial charge in [-0.15, -0.1) is 0 Å². The molecule has 2 nitrogen and oxygen atoms in total. The lowest BCUT2D eigenvalue weighted by Crippen LogP contribution is -2.70. The van der Waals surface area contributed by atoms with Gasteiger partial charge in [-0.1, -0.05) is 26.9 Å². The quantitative estimate of drug-likeness (QED) is 0.555. The molecule has 2 N–H and O–H groups in total. The van der Waals surface area contributed by atoms with E-state index in [4.69, 9.17) is 0 Å². The maximum absolute atomic E-state index is 9.76. The minimum Gasteiger partial charge on any atom is -0.390 e. The van der Waals surface area contributed by atoms with Gasteiger partial charge in [0.1, 0.15) is 0 Å². The molecule has 0 aromatic carbocycles. The summed E-state index contributed by atoms with van der Waals surface area (Å²) in [7, 11) is 0.140. The van der Waals surface area contributed by atoms with Gasteiger partial charge < -0.3 is 10.2 Å². The van der Waals surface area contributed by atoms with Gasteiger partial charge in [-0.3, -0.25) is 0 Å². The fraction of sp³-hybridized carbons (Fsp3) is 1.00. The molecular formula is C8H20O2Si2. The van der Waals surface area contributed by atoms with E-state index in [1.54, 1.807) is 0 Å². The van der Waals surface area contributed by atoms with E-state index in [1.807, 2.05) is 0 Å². The average Bonchev–Trinajstić information content (AvgIpc) is 1.99. The molecule has 0 saturated heterocycles. The van der Waals surface area contributed by atoms with Crippen LogP contribution in [0.3, 0.4) is 0 Å². The summed E-state index contributed by atoms with van der Waals surface area (Å²) in [6.07, 6.45) is -0.935. The van der Waals surface area contributed by atoms with Gasteiger partial charge in [0, 0.05) is 19.0 Å². The molecule has 4 heteroatoms. The fourth-order valence-electron chi connectivity index (χ4n) is 2.41. The molecule has 72 valence electrons. The van der Waals surface area contributed by atoms with Gasteiger partial charge in [-0.2, -0.15) is 0 Å². The molecule has 1 aliphatic carbocycles. The van der Waals surface area contributed by atoms with Crippen molar-refractivity contribution in [2.75, 3.05) is 0 Å². The summed E-state index contributed by atoms with van der Waals surface area (Å²) in [6, 6.07) is 0. The van der Waals surface area contributed by atoms with E-state index >= 15 is 0 Å². The minimum absolute atomic E-state index is 0.0426. The number of hydrogen-bond acceptors (Lipinski definition) is 2. The van der Waals surface area contributed by atoms with Crippen molar-refractivity contribution in [1.82, 2.24) is 0 Å². The third-order valence-corrected chi connectivity index (χ3v) is 13.1. The maximum atomic E-state index is 9.76. The van der Waals surface area contributed by atoms with Crippen LogP contribution in [0.5, 0.6) is 0 Å². The molecule has 0 radical (unpaired) electrons. The average molecular weight is 204 g/mol. The van der Waals surface area contributed by atoms with E-state index in [9.17, 15) is 10.2 Å². The van der Waals surface area contributed by atoms with Crippen molar-refractivity contribution in [2.24, 2.45) is 5.41 Å². The van der Waals surface area contributed by atoms with Crippen LogP contribution in [0.2, 0.25) is 17.8 Å². The molecule has 1 fully saturated rings. The number of aliphatic hydroxyl groups excluding tert-OH is 2. The molecule has 0 aromatic heterocycles. The molecule has 0 spiro atoms. The molecule has 0 amide bonds. The smallest absolute Gasteiger partial charge is 0.0849 e. The fourth-order valence-corrected chi connectivity index (χ4v) is 5.55. The van der Waals surface area contributed by atoms with E-state index in [-0.39, 0.29) is 10.1 Å². The summed E-state index contributed by atoms with van der Waals surface area (Å²) in [5.74, 6) is 0. The van der Waals surface area contributed by atoms with Gasteiger partial charge in [0.25, 0.3) is 0 Å². The van der Waals surface area contributed by atoms with Crippen molar-refractivity contribution < 1.29 is 10.2 Å². The highest BCUT2D eigenvalue weighted by Crippen LogP contribution is 2.61. The predicted octanol–water partition coefficient (Wildman–Crippen LogP) is -0.702. The molecule has 0 bridgehead atoms. The Morgan fingerprint density at radius 3 is 1.75 bits per heavy atom. The van der Waals surface area contributed by atoms with Gasteiger partial charge in [0.2, 0.25) is 0 Å². The zero-order chi connectivity index (χ0) is 9.73. The first kappa shape index (κ1) is 10.4. The lowest BCUT2D eigenvalue weighted by molar-refractivity contribution is -0.162. The second-order valence-corrected chi connectivity index (χ2v) is 11.4. The summed E-state index contributed by atoms with van der Waals surface area (Å²) < 4.78 is 0.131. The molecule has 0 aliphatic heterocycles. The Morgan fingerprint density at radius 2 is 1.58 bits per heavy atom. The van der Waals surface area contributed by atoms with Crippen molar-refractivity contribution >= 4 is 19.0 Å². The molecule has 3 atom stereocenters. The van der Waals surface area contributed by atoms with Crippen LogP contribution < -0.4 is 0 Å². The minimum atomic E-state index is -0.862. The van der Waals surface area contributed by atoms with E-state index in [0.29, 0.717) is 0 Å². The standard InChI is InChI=1S/C8H20O2Si2/c1-7(2)5(9)6(10)8(7,11)12(3)4/h5-6,9-10,12H,1-4,11H3. The first-order chi connectivity index (χ1) is 5.26. The number of rotatable bonds is 1. The van der Waals surface area contributed by atoms with Gasteiger partial charge >= 0.3 is 0 Å². The Hall–Kier alpha value is 0.354. The zero-order valence-electron chi connectivity index (χ0n) is 8.63. The second-order valence-electron chi connectivity index (χ2n) is 5.05. The first-order valence-electron chi connectivity index (χ1n) is 4.62. The summed E-state index contributed by atoms with van der Waals surface area (Å²) in [6.45, 7) is 8.71. The van der Waals surface area contributed by atoms with Crippen LogP contribution >= 0.6 is 0 Å². The van der Waals surface area contributed by atoms with Crippen molar-refractivity contribution in [3.8, 4) is 0 Å². The topological polar surface area (TPSA) is 40.5 Å². The molecule has 3 unspecified atom stereocenters. The van der Waals surface area contributed by atoms with Crippen LogP contribution in [0.15, 0.2) is 0 Å². The van der Waals surface area contributed by atoms with Gasteiger partial charge in [-0.05, 0) is 10.1 Å². The SMILES string of the molecule is C[SiH](C)C1([SiH3])C(O)C(O)C1(C)C. The van der Waals surface area contributed by atoms with Crippen LogP contribution in [0.25, 0.3) is 0 Å². The third kappa shape index (κ3) is 0.921. The molecule has 1 rings (SSSR count). The van der Waals surface area contributed by atoms with Crippen LogP contribution in [-0.2, 0) is 0 Å². The lowest BCUT2D eigenvalue weighted by atomic mass is 9.65. The monoisotopic (exact) mass is 204 g/mol. The van der Waals surface area contributed by atoms with E-state index < -0.39 is 21.0 Å². The highest BCUT2D eigenvalue weighted by molar-refractivity contribution is 6.69. The summed E-state index contributed by atoms with van der Waals surface area (Å²) in [5, 5.41) is 19.4. The maximum Gasteiger partial charge on any atom is 0.0849 e. The number of hydrogen-bond donors (Lipinski definition) is 2. The Bertz CT molecular complexity index is 193. The predicted molar refractivity (Wildman–Crippen MR) is 57.3 cm³/mol. The molecule has 12 heavy (non-hydrogen) atoms. The zero-order valence-corrected chi connectivity index (χ0v) is 11.8. The normalized spacial score (nSPS) is 46.2. The van der Waals surface area contributed by atoms with Crippen LogP contribution in [0.4, 0.5) is 0 Å². The Balaban J connectivity index is 2.93.